The zero-order chi connectivity index (χ0) is 14.7. The number of rotatable bonds is 5. The highest BCUT2D eigenvalue weighted by Gasteiger charge is 2.25. The number of likely N-dealkylation sites (tertiary alicyclic amines) is 1. The molecule has 1 aliphatic heterocycles. The third-order valence-electron chi connectivity index (χ3n) is 3.99. The minimum absolute atomic E-state index is 0.383. The average molecular weight is 285 g/mol. The highest BCUT2D eigenvalue weighted by Crippen LogP contribution is 2.21. The van der Waals surface area contributed by atoms with Crippen LogP contribution in [0.4, 0.5) is 0 Å². The molecule has 1 aromatic heterocycles. The predicted molar refractivity (Wildman–Crippen MR) is 78.4 cm³/mol. The first-order chi connectivity index (χ1) is 10.2. The second kappa shape index (κ2) is 6.05. The summed E-state index contributed by atoms with van der Waals surface area (Å²) in [6, 6.07) is 8.03. The molecule has 2 N–H and O–H groups in total. The minimum Gasteiger partial charge on any atom is -0.366 e. The van der Waals surface area contributed by atoms with Gasteiger partial charge in [-0.15, -0.1) is 0 Å². The molecule has 0 unspecified atom stereocenters. The van der Waals surface area contributed by atoms with Gasteiger partial charge in [0.2, 0.25) is 5.91 Å². The number of hydrogen-bond acceptors (Lipinski definition) is 4. The van der Waals surface area contributed by atoms with Crippen LogP contribution < -0.4 is 5.73 Å². The molecule has 1 saturated heterocycles. The zero-order valence-electron chi connectivity index (χ0n) is 11.9. The van der Waals surface area contributed by atoms with Gasteiger partial charge in [-0.25, -0.2) is 4.98 Å². The number of primary amides is 1. The van der Waals surface area contributed by atoms with E-state index in [2.05, 4.69) is 15.0 Å². The summed E-state index contributed by atoms with van der Waals surface area (Å²) in [5.41, 5.74) is 7.01. The molecule has 2 aromatic rings. The molecule has 0 aliphatic carbocycles. The van der Waals surface area contributed by atoms with Crippen LogP contribution in [0.5, 0.6) is 0 Å². The Balaban J connectivity index is 1.64. The predicted octanol–water partition coefficient (Wildman–Crippen LogP) is 1.04. The van der Waals surface area contributed by atoms with Crippen molar-refractivity contribution in [1.82, 2.24) is 19.7 Å². The maximum absolute atomic E-state index is 11.1. The van der Waals surface area contributed by atoms with Crippen molar-refractivity contribution >= 4 is 5.91 Å². The molecule has 0 saturated carbocycles. The molecule has 110 valence electrons. The van der Waals surface area contributed by atoms with E-state index in [0.29, 0.717) is 11.6 Å². The number of nitrogens with two attached hydrogens (primary N) is 1. The Kier molecular flexibility index (Phi) is 3.96. The third-order valence-corrected chi connectivity index (χ3v) is 3.99. The fourth-order valence-electron chi connectivity index (χ4n) is 2.86. The van der Waals surface area contributed by atoms with Crippen molar-refractivity contribution < 1.29 is 4.79 Å². The largest absolute Gasteiger partial charge is 0.366 e. The Morgan fingerprint density at radius 3 is 2.81 bits per heavy atom. The second-order valence-electron chi connectivity index (χ2n) is 5.45. The van der Waals surface area contributed by atoms with Crippen molar-refractivity contribution in [2.24, 2.45) is 5.73 Å². The molecule has 1 aliphatic rings. The Morgan fingerprint density at radius 2 is 2.14 bits per heavy atom. The Morgan fingerprint density at radius 1 is 1.33 bits per heavy atom. The lowest BCUT2D eigenvalue weighted by Crippen LogP contribution is -2.32. The number of amides is 1. The van der Waals surface area contributed by atoms with Gasteiger partial charge in [-0.3, -0.25) is 14.4 Å². The van der Waals surface area contributed by atoms with Gasteiger partial charge in [0, 0.05) is 18.2 Å². The van der Waals surface area contributed by atoms with Crippen LogP contribution in [0.1, 0.15) is 28.8 Å². The molecule has 3 rings (SSSR count). The van der Waals surface area contributed by atoms with Crippen LogP contribution in [0.3, 0.4) is 0 Å². The van der Waals surface area contributed by atoms with Gasteiger partial charge >= 0.3 is 0 Å². The van der Waals surface area contributed by atoms with E-state index in [-0.39, 0.29) is 5.91 Å². The van der Waals surface area contributed by atoms with Crippen LogP contribution >= 0.6 is 0 Å². The van der Waals surface area contributed by atoms with E-state index in [0.717, 1.165) is 19.6 Å². The number of aromatic nitrogens is 3. The fourth-order valence-corrected chi connectivity index (χ4v) is 2.86. The van der Waals surface area contributed by atoms with Gasteiger partial charge in [-0.2, -0.15) is 5.10 Å². The number of carbonyl (C=O) groups is 1. The Labute approximate surface area is 123 Å². The summed E-state index contributed by atoms with van der Waals surface area (Å²) in [5, 5.41) is 4.18. The van der Waals surface area contributed by atoms with E-state index in [1.54, 1.807) is 24.8 Å². The molecule has 6 heteroatoms. The van der Waals surface area contributed by atoms with Crippen LogP contribution in [0.2, 0.25) is 0 Å². The van der Waals surface area contributed by atoms with Crippen molar-refractivity contribution in [3.05, 3.63) is 48.0 Å². The van der Waals surface area contributed by atoms with Crippen molar-refractivity contribution in [3.8, 4) is 0 Å². The number of nitrogens with zero attached hydrogens (tertiary/aromatic N) is 4. The van der Waals surface area contributed by atoms with E-state index in [1.165, 1.54) is 18.4 Å². The third kappa shape index (κ3) is 3.28. The molecular weight excluding hydrogens is 266 g/mol. The summed E-state index contributed by atoms with van der Waals surface area (Å²) >= 11 is 0. The SMILES string of the molecule is NC(=O)c1ccc(CN2CCC[C@H]2Cn2cncn2)cc1. The first-order valence-electron chi connectivity index (χ1n) is 7.17. The normalized spacial score (nSPS) is 19.0. The van der Waals surface area contributed by atoms with E-state index in [4.69, 9.17) is 5.73 Å². The molecule has 1 fully saturated rings. The topological polar surface area (TPSA) is 77.0 Å². The van der Waals surface area contributed by atoms with Gasteiger partial charge in [-0.1, -0.05) is 12.1 Å². The quantitative estimate of drug-likeness (QED) is 0.890. The van der Waals surface area contributed by atoms with E-state index in [9.17, 15) is 4.79 Å². The summed E-state index contributed by atoms with van der Waals surface area (Å²) in [7, 11) is 0. The van der Waals surface area contributed by atoms with Crippen LogP contribution in [0.15, 0.2) is 36.9 Å². The summed E-state index contributed by atoms with van der Waals surface area (Å²) in [6.45, 7) is 2.86. The lowest BCUT2D eigenvalue weighted by atomic mass is 10.1. The average Bonchev–Trinajstić information content (AvgIpc) is 3.13. The highest BCUT2D eigenvalue weighted by molar-refractivity contribution is 5.92. The van der Waals surface area contributed by atoms with Crippen LogP contribution in [0.25, 0.3) is 0 Å². The van der Waals surface area contributed by atoms with Crippen LogP contribution in [-0.4, -0.2) is 38.2 Å². The van der Waals surface area contributed by atoms with Crippen molar-refractivity contribution in [1.29, 1.82) is 0 Å². The van der Waals surface area contributed by atoms with Crippen molar-refractivity contribution in [2.75, 3.05) is 6.54 Å². The van der Waals surface area contributed by atoms with Gasteiger partial charge in [-0.05, 0) is 37.1 Å². The van der Waals surface area contributed by atoms with Crippen LogP contribution in [-0.2, 0) is 13.1 Å². The molecule has 1 aromatic carbocycles. The van der Waals surface area contributed by atoms with Crippen LogP contribution in [0, 0.1) is 0 Å². The molecule has 0 radical (unpaired) electrons. The van der Waals surface area contributed by atoms with Gasteiger partial charge in [0.25, 0.3) is 0 Å². The minimum atomic E-state index is -0.383. The van der Waals surface area contributed by atoms with E-state index < -0.39 is 0 Å². The number of benzene rings is 1. The number of hydrogen-bond donors (Lipinski definition) is 1. The standard InChI is InChI=1S/C15H19N5O/c16-15(21)13-5-3-12(4-6-13)8-19-7-1-2-14(19)9-20-11-17-10-18-20/h3-6,10-11,14H,1-2,7-9H2,(H2,16,21)/t14-/m0/s1. The molecule has 0 bridgehead atoms. The maximum Gasteiger partial charge on any atom is 0.248 e. The molecule has 6 nitrogen and oxygen atoms in total. The summed E-state index contributed by atoms with van der Waals surface area (Å²) < 4.78 is 1.89. The zero-order valence-corrected chi connectivity index (χ0v) is 11.9. The maximum atomic E-state index is 11.1. The first kappa shape index (κ1) is 13.8. The molecular formula is C15H19N5O. The van der Waals surface area contributed by atoms with E-state index in [1.807, 2.05) is 16.8 Å². The van der Waals surface area contributed by atoms with Crippen molar-refractivity contribution in [3.63, 3.8) is 0 Å². The Hall–Kier alpha value is -2.21. The van der Waals surface area contributed by atoms with Gasteiger partial charge in [0.1, 0.15) is 12.7 Å². The monoisotopic (exact) mass is 285 g/mol. The second-order valence-corrected chi connectivity index (χ2v) is 5.45. The van der Waals surface area contributed by atoms with Gasteiger partial charge in [0.05, 0.1) is 6.54 Å². The van der Waals surface area contributed by atoms with E-state index >= 15 is 0 Å². The molecule has 21 heavy (non-hydrogen) atoms. The molecule has 1 atom stereocenters. The number of carbonyl (C=O) groups excluding carboxylic acids is 1. The Bertz CT molecular complexity index is 593. The van der Waals surface area contributed by atoms with Crippen molar-refractivity contribution in [2.45, 2.75) is 32.0 Å². The fraction of sp³-hybridized carbons (Fsp3) is 0.400. The van der Waals surface area contributed by atoms with Gasteiger partial charge < -0.3 is 5.73 Å². The highest BCUT2D eigenvalue weighted by atomic mass is 16.1. The smallest absolute Gasteiger partial charge is 0.248 e. The lowest BCUT2D eigenvalue weighted by Gasteiger charge is -2.24. The molecule has 1 amide bonds. The first-order valence-corrected chi connectivity index (χ1v) is 7.17. The molecule has 2 heterocycles. The summed E-state index contributed by atoms with van der Waals surface area (Å²) in [5.74, 6) is -0.383. The lowest BCUT2D eigenvalue weighted by molar-refractivity contribution is 0.100. The summed E-state index contributed by atoms with van der Waals surface area (Å²) in [6.07, 6.45) is 5.72. The molecule has 0 spiro atoms. The van der Waals surface area contributed by atoms with Gasteiger partial charge in [0.15, 0.2) is 0 Å². The summed E-state index contributed by atoms with van der Waals surface area (Å²) in [4.78, 5) is 17.5.